The predicted octanol–water partition coefficient (Wildman–Crippen LogP) is 5.23. The lowest BCUT2D eigenvalue weighted by Gasteiger charge is -2.10. The standard InChI is InChI=1S/C20H21BrN2O2S/c1-2-5-13-8-9-17(16(21)10-13)25-12-19(24)23-20-15(11-22)14-6-3-4-7-18(14)26-20/h8-10H,2-7,12H2,1H3,(H,23,24). The molecule has 1 aromatic carbocycles. The summed E-state index contributed by atoms with van der Waals surface area (Å²) < 4.78 is 6.49. The van der Waals surface area contributed by atoms with Crippen LogP contribution in [0.5, 0.6) is 5.75 Å². The minimum absolute atomic E-state index is 0.0842. The van der Waals surface area contributed by atoms with E-state index in [0.29, 0.717) is 16.3 Å². The molecule has 1 amide bonds. The third kappa shape index (κ3) is 4.28. The minimum Gasteiger partial charge on any atom is -0.483 e. The Morgan fingerprint density at radius 3 is 2.92 bits per heavy atom. The molecule has 0 radical (unpaired) electrons. The maximum atomic E-state index is 12.3. The molecule has 0 saturated carbocycles. The molecular weight excluding hydrogens is 412 g/mol. The van der Waals surface area contributed by atoms with Crippen LogP contribution in [0.1, 0.15) is 47.8 Å². The molecule has 136 valence electrons. The molecule has 1 N–H and O–H groups in total. The maximum Gasteiger partial charge on any atom is 0.262 e. The summed E-state index contributed by atoms with van der Waals surface area (Å²) in [5, 5.41) is 13.0. The number of anilines is 1. The smallest absolute Gasteiger partial charge is 0.262 e. The fraction of sp³-hybridized carbons (Fsp3) is 0.400. The van der Waals surface area contributed by atoms with E-state index in [1.54, 1.807) is 0 Å². The Hall–Kier alpha value is -1.84. The van der Waals surface area contributed by atoms with Crippen molar-refractivity contribution in [2.75, 3.05) is 11.9 Å². The summed E-state index contributed by atoms with van der Waals surface area (Å²) in [5.74, 6) is 0.399. The predicted molar refractivity (Wildman–Crippen MR) is 108 cm³/mol. The van der Waals surface area contributed by atoms with Crippen LogP contribution in [0.3, 0.4) is 0 Å². The molecular formula is C20H21BrN2O2S. The fourth-order valence-electron chi connectivity index (χ4n) is 3.18. The Morgan fingerprint density at radius 1 is 1.38 bits per heavy atom. The van der Waals surface area contributed by atoms with Gasteiger partial charge in [0.15, 0.2) is 6.61 Å². The van der Waals surface area contributed by atoms with E-state index in [1.807, 2.05) is 18.2 Å². The summed E-state index contributed by atoms with van der Waals surface area (Å²) in [6.45, 7) is 2.06. The Morgan fingerprint density at radius 2 is 2.19 bits per heavy atom. The van der Waals surface area contributed by atoms with Crippen LogP contribution < -0.4 is 10.1 Å². The molecule has 0 atom stereocenters. The number of benzene rings is 1. The highest BCUT2D eigenvalue weighted by Crippen LogP contribution is 2.37. The van der Waals surface area contributed by atoms with E-state index in [9.17, 15) is 10.1 Å². The van der Waals surface area contributed by atoms with E-state index < -0.39 is 0 Å². The molecule has 1 aliphatic rings. The van der Waals surface area contributed by atoms with E-state index in [1.165, 1.54) is 21.8 Å². The van der Waals surface area contributed by atoms with Gasteiger partial charge in [-0.3, -0.25) is 4.79 Å². The summed E-state index contributed by atoms with van der Waals surface area (Å²) in [6, 6.07) is 8.18. The zero-order valence-corrected chi connectivity index (χ0v) is 17.1. The van der Waals surface area contributed by atoms with Crippen LogP contribution >= 0.6 is 27.3 Å². The largest absolute Gasteiger partial charge is 0.483 e. The highest BCUT2D eigenvalue weighted by Gasteiger charge is 2.21. The second kappa shape index (κ2) is 8.70. The lowest BCUT2D eigenvalue weighted by Crippen LogP contribution is -2.20. The van der Waals surface area contributed by atoms with Crippen LogP contribution in [-0.4, -0.2) is 12.5 Å². The normalized spacial score (nSPS) is 13.0. The van der Waals surface area contributed by atoms with Gasteiger partial charge in [0.05, 0.1) is 10.0 Å². The number of amides is 1. The van der Waals surface area contributed by atoms with Crippen molar-refractivity contribution in [1.82, 2.24) is 0 Å². The Kier molecular flexibility index (Phi) is 6.33. The topological polar surface area (TPSA) is 62.1 Å². The first-order valence-corrected chi connectivity index (χ1v) is 10.5. The number of hydrogen-bond acceptors (Lipinski definition) is 4. The maximum absolute atomic E-state index is 12.3. The van der Waals surface area contributed by atoms with Crippen molar-refractivity contribution in [3.05, 3.63) is 44.2 Å². The number of fused-ring (bicyclic) bond motifs is 1. The first-order chi connectivity index (χ1) is 12.6. The molecule has 0 saturated heterocycles. The fourth-order valence-corrected chi connectivity index (χ4v) is 4.98. The summed E-state index contributed by atoms with van der Waals surface area (Å²) >= 11 is 5.03. The minimum atomic E-state index is -0.246. The number of carbonyl (C=O) groups is 1. The van der Waals surface area contributed by atoms with Gasteiger partial charge in [0.25, 0.3) is 5.91 Å². The van der Waals surface area contributed by atoms with Crippen LogP contribution in [0.4, 0.5) is 5.00 Å². The lowest BCUT2D eigenvalue weighted by atomic mass is 9.96. The molecule has 3 rings (SSSR count). The Balaban J connectivity index is 1.63. The Bertz CT molecular complexity index is 854. The number of carbonyl (C=O) groups excluding carboxylic acids is 1. The summed E-state index contributed by atoms with van der Waals surface area (Å²) in [6.07, 6.45) is 6.28. The molecule has 26 heavy (non-hydrogen) atoms. The van der Waals surface area contributed by atoms with Gasteiger partial charge in [-0.2, -0.15) is 5.26 Å². The van der Waals surface area contributed by atoms with Gasteiger partial charge in [0.1, 0.15) is 16.8 Å². The van der Waals surface area contributed by atoms with Crippen LogP contribution in [0.2, 0.25) is 0 Å². The average molecular weight is 433 g/mol. The van der Waals surface area contributed by atoms with Crippen LogP contribution in [0.15, 0.2) is 22.7 Å². The number of halogens is 1. The SMILES string of the molecule is CCCc1ccc(OCC(=O)Nc2sc3c(c2C#N)CCCC3)c(Br)c1. The zero-order valence-electron chi connectivity index (χ0n) is 14.7. The quantitative estimate of drug-likeness (QED) is 0.679. The molecule has 0 fully saturated rings. The van der Waals surface area contributed by atoms with E-state index in [0.717, 1.165) is 48.6 Å². The molecule has 1 aliphatic carbocycles. The molecule has 2 aromatic rings. The molecule has 6 heteroatoms. The molecule has 1 heterocycles. The second-order valence-electron chi connectivity index (χ2n) is 6.38. The van der Waals surface area contributed by atoms with Crippen molar-refractivity contribution in [3.63, 3.8) is 0 Å². The molecule has 0 bridgehead atoms. The molecule has 0 unspecified atom stereocenters. The molecule has 0 aliphatic heterocycles. The van der Waals surface area contributed by atoms with Gasteiger partial charge in [-0.15, -0.1) is 11.3 Å². The lowest BCUT2D eigenvalue weighted by molar-refractivity contribution is -0.118. The zero-order chi connectivity index (χ0) is 18.5. The van der Waals surface area contributed by atoms with Gasteiger partial charge in [-0.25, -0.2) is 0 Å². The van der Waals surface area contributed by atoms with Crippen LogP contribution in [0, 0.1) is 11.3 Å². The third-order valence-electron chi connectivity index (χ3n) is 4.43. The van der Waals surface area contributed by atoms with Crippen molar-refractivity contribution in [3.8, 4) is 11.8 Å². The summed E-state index contributed by atoms with van der Waals surface area (Å²) in [4.78, 5) is 13.5. The number of ether oxygens (including phenoxy) is 1. The van der Waals surface area contributed by atoms with Crippen LogP contribution in [-0.2, 0) is 24.1 Å². The number of nitriles is 1. The van der Waals surface area contributed by atoms with Gasteiger partial charge < -0.3 is 10.1 Å². The van der Waals surface area contributed by atoms with Crippen molar-refractivity contribution in [2.24, 2.45) is 0 Å². The van der Waals surface area contributed by atoms with Crippen molar-refractivity contribution < 1.29 is 9.53 Å². The van der Waals surface area contributed by atoms with Gasteiger partial charge in [-0.1, -0.05) is 19.4 Å². The number of nitrogens with zero attached hydrogens (tertiary/aromatic N) is 1. The summed E-state index contributed by atoms with van der Waals surface area (Å²) in [5.41, 5.74) is 2.98. The molecule has 4 nitrogen and oxygen atoms in total. The first-order valence-electron chi connectivity index (χ1n) is 8.88. The highest BCUT2D eigenvalue weighted by molar-refractivity contribution is 9.10. The van der Waals surface area contributed by atoms with Gasteiger partial charge >= 0.3 is 0 Å². The number of aryl methyl sites for hydroxylation is 2. The number of rotatable bonds is 6. The van der Waals surface area contributed by atoms with Gasteiger partial charge in [-0.05, 0) is 71.3 Å². The van der Waals surface area contributed by atoms with E-state index in [-0.39, 0.29) is 12.5 Å². The summed E-state index contributed by atoms with van der Waals surface area (Å²) in [7, 11) is 0. The average Bonchev–Trinajstić information content (AvgIpc) is 2.98. The Labute approximate surface area is 166 Å². The molecule has 1 aromatic heterocycles. The molecule has 0 spiro atoms. The second-order valence-corrected chi connectivity index (χ2v) is 8.34. The van der Waals surface area contributed by atoms with Crippen molar-refractivity contribution in [2.45, 2.75) is 45.4 Å². The first kappa shape index (κ1) is 18.9. The number of nitrogens with one attached hydrogen (secondary N) is 1. The van der Waals surface area contributed by atoms with E-state index in [4.69, 9.17) is 4.74 Å². The van der Waals surface area contributed by atoms with Crippen molar-refractivity contribution >= 4 is 38.2 Å². The number of thiophene rings is 1. The monoisotopic (exact) mass is 432 g/mol. The van der Waals surface area contributed by atoms with E-state index >= 15 is 0 Å². The van der Waals surface area contributed by atoms with Crippen LogP contribution in [0.25, 0.3) is 0 Å². The van der Waals surface area contributed by atoms with Crippen molar-refractivity contribution in [1.29, 1.82) is 5.26 Å². The van der Waals surface area contributed by atoms with E-state index in [2.05, 4.69) is 34.2 Å². The van der Waals surface area contributed by atoms with Gasteiger partial charge in [0, 0.05) is 4.88 Å². The van der Waals surface area contributed by atoms with Gasteiger partial charge in [0.2, 0.25) is 0 Å². The highest BCUT2D eigenvalue weighted by atomic mass is 79.9. The number of hydrogen-bond donors (Lipinski definition) is 1. The third-order valence-corrected chi connectivity index (χ3v) is 6.26.